The summed E-state index contributed by atoms with van der Waals surface area (Å²) >= 11 is 1.76. The third-order valence-corrected chi connectivity index (χ3v) is 4.16. The first-order chi connectivity index (χ1) is 7.74. The number of thiophene rings is 1. The van der Waals surface area contributed by atoms with Crippen LogP contribution in [0.25, 0.3) is 0 Å². The molecule has 0 aliphatic heterocycles. The van der Waals surface area contributed by atoms with E-state index in [1.54, 1.807) is 11.3 Å². The van der Waals surface area contributed by atoms with E-state index >= 15 is 0 Å². The van der Waals surface area contributed by atoms with Crippen LogP contribution in [0.5, 0.6) is 0 Å². The largest absolute Gasteiger partial charge is 0.390 e. The highest BCUT2D eigenvalue weighted by Gasteiger charge is 2.01. The molecule has 2 N–H and O–H groups in total. The molecule has 0 atom stereocenters. The smallest absolute Gasteiger partial charge is 0.0888 e. The summed E-state index contributed by atoms with van der Waals surface area (Å²) in [6.45, 7) is 4.36. The second-order valence-corrected chi connectivity index (χ2v) is 5.80. The highest BCUT2D eigenvalue weighted by Crippen LogP contribution is 2.25. The summed E-state index contributed by atoms with van der Waals surface area (Å²) in [5, 5.41) is 0.998. The highest BCUT2D eigenvalue weighted by atomic mass is 32.1. The van der Waals surface area contributed by atoms with Gasteiger partial charge in [0.25, 0.3) is 0 Å². The molecule has 0 saturated carbocycles. The van der Waals surface area contributed by atoms with Crippen molar-refractivity contribution in [2.75, 3.05) is 5.73 Å². The standard InChI is InChI=1S/C14H25NS/c1-3-4-5-6-7-8-9-10-13-11-12(2)14(15)16-13/h11H,3-10,15H2,1-2H3. The molecule has 0 bridgehead atoms. The maximum atomic E-state index is 5.84. The first-order valence-corrected chi connectivity index (χ1v) is 7.40. The first-order valence-electron chi connectivity index (χ1n) is 6.58. The Labute approximate surface area is 104 Å². The molecule has 0 aliphatic carbocycles. The van der Waals surface area contributed by atoms with Crippen LogP contribution in [0.2, 0.25) is 0 Å². The summed E-state index contributed by atoms with van der Waals surface area (Å²) in [7, 11) is 0. The number of hydrogen-bond acceptors (Lipinski definition) is 2. The number of hydrogen-bond donors (Lipinski definition) is 1. The van der Waals surface area contributed by atoms with Gasteiger partial charge in [0, 0.05) is 4.88 Å². The zero-order chi connectivity index (χ0) is 11.8. The lowest BCUT2D eigenvalue weighted by Crippen LogP contribution is -1.83. The molecule has 0 aliphatic rings. The van der Waals surface area contributed by atoms with Gasteiger partial charge in [0.15, 0.2) is 0 Å². The SMILES string of the molecule is CCCCCCCCCc1cc(C)c(N)s1. The van der Waals surface area contributed by atoms with Gasteiger partial charge in [-0.3, -0.25) is 0 Å². The molecular formula is C14H25NS. The number of anilines is 1. The minimum Gasteiger partial charge on any atom is -0.390 e. The van der Waals surface area contributed by atoms with Gasteiger partial charge in [-0.25, -0.2) is 0 Å². The highest BCUT2D eigenvalue weighted by molar-refractivity contribution is 7.16. The summed E-state index contributed by atoms with van der Waals surface area (Å²) in [6, 6.07) is 2.25. The molecule has 0 saturated heterocycles. The summed E-state index contributed by atoms with van der Waals surface area (Å²) in [5.74, 6) is 0. The Balaban J connectivity index is 2.03. The summed E-state index contributed by atoms with van der Waals surface area (Å²) in [4.78, 5) is 1.46. The zero-order valence-corrected chi connectivity index (χ0v) is 11.5. The fourth-order valence-electron chi connectivity index (χ4n) is 1.94. The van der Waals surface area contributed by atoms with Crippen LogP contribution in [0.15, 0.2) is 6.07 Å². The molecule has 92 valence electrons. The lowest BCUT2D eigenvalue weighted by Gasteiger charge is -1.99. The Morgan fingerprint density at radius 1 is 1.06 bits per heavy atom. The third kappa shape index (κ3) is 5.02. The van der Waals surface area contributed by atoms with Gasteiger partial charge in [0.2, 0.25) is 0 Å². The number of aryl methyl sites for hydroxylation is 2. The fraction of sp³-hybridized carbons (Fsp3) is 0.714. The van der Waals surface area contributed by atoms with Gasteiger partial charge in [-0.05, 0) is 31.4 Å². The van der Waals surface area contributed by atoms with Crippen LogP contribution in [0, 0.1) is 6.92 Å². The number of nitrogens with two attached hydrogens (primary N) is 1. The van der Waals surface area contributed by atoms with Gasteiger partial charge in [0.05, 0.1) is 5.00 Å². The van der Waals surface area contributed by atoms with Crippen molar-refractivity contribution in [1.82, 2.24) is 0 Å². The van der Waals surface area contributed by atoms with Crippen LogP contribution in [0.4, 0.5) is 5.00 Å². The molecule has 0 unspecified atom stereocenters. The average Bonchev–Trinajstić information content (AvgIpc) is 2.57. The van der Waals surface area contributed by atoms with E-state index in [1.807, 2.05) is 0 Å². The van der Waals surface area contributed by atoms with E-state index < -0.39 is 0 Å². The second kappa shape index (κ2) is 7.72. The minimum absolute atomic E-state index is 0.998. The number of rotatable bonds is 8. The molecule has 1 nitrogen and oxygen atoms in total. The van der Waals surface area contributed by atoms with Gasteiger partial charge in [-0.15, -0.1) is 11.3 Å². The fourth-order valence-corrected chi connectivity index (χ4v) is 2.93. The van der Waals surface area contributed by atoms with Crippen molar-refractivity contribution in [3.05, 3.63) is 16.5 Å². The summed E-state index contributed by atoms with van der Waals surface area (Å²) < 4.78 is 0. The van der Waals surface area contributed by atoms with Gasteiger partial charge >= 0.3 is 0 Å². The molecule has 1 rings (SSSR count). The van der Waals surface area contributed by atoms with E-state index in [-0.39, 0.29) is 0 Å². The Hall–Kier alpha value is -0.500. The van der Waals surface area contributed by atoms with Crippen LogP contribution in [0.1, 0.15) is 62.3 Å². The van der Waals surface area contributed by atoms with Crippen LogP contribution in [0.3, 0.4) is 0 Å². The molecule has 0 amide bonds. The van der Waals surface area contributed by atoms with E-state index in [0.717, 1.165) is 5.00 Å². The van der Waals surface area contributed by atoms with Crippen LogP contribution in [-0.4, -0.2) is 0 Å². The van der Waals surface area contributed by atoms with E-state index in [2.05, 4.69) is 19.9 Å². The van der Waals surface area contributed by atoms with Crippen molar-refractivity contribution in [3.8, 4) is 0 Å². The average molecular weight is 239 g/mol. The molecule has 0 spiro atoms. The van der Waals surface area contributed by atoms with Gasteiger partial charge < -0.3 is 5.73 Å². The molecule has 1 aromatic heterocycles. The second-order valence-electron chi connectivity index (χ2n) is 4.63. The summed E-state index contributed by atoms with van der Waals surface area (Å²) in [6.07, 6.45) is 10.9. The van der Waals surface area contributed by atoms with E-state index in [9.17, 15) is 0 Å². The molecule has 2 heteroatoms. The molecule has 1 heterocycles. The third-order valence-electron chi connectivity index (χ3n) is 3.03. The maximum absolute atomic E-state index is 5.84. The van der Waals surface area contributed by atoms with Crippen molar-refractivity contribution in [2.45, 2.75) is 65.2 Å². The molecular weight excluding hydrogens is 214 g/mol. The van der Waals surface area contributed by atoms with Crippen molar-refractivity contribution in [2.24, 2.45) is 0 Å². The Kier molecular flexibility index (Phi) is 6.55. The van der Waals surface area contributed by atoms with Crippen molar-refractivity contribution >= 4 is 16.3 Å². The summed E-state index contributed by atoms with van der Waals surface area (Å²) in [5.41, 5.74) is 7.10. The van der Waals surface area contributed by atoms with Crippen molar-refractivity contribution in [3.63, 3.8) is 0 Å². The quantitative estimate of drug-likeness (QED) is 0.639. The zero-order valence-electron chi connectivity index (χ0n) is 10.7. The molecule has 0 aromatic carbocycles. The topological polar surface area (TPSA) is 26.0 Å². The molecule has 0 radical (unpaired) electrons. The van der Waals surface area contributed by atoms with E-state index in [1.165, 1.54) is 61.8 Å². The minimum atomic E-state index is 0.998. The van der Waals surface area contributed by atoms with Gasteiger partial charge in [-0.2, -0.15) is 0 Å². The predicted molar refractivity (Wildman–Crippen MR) is 75.2 cm³/mol. The van der Waals surface area contributed by atoms with Gasteiger partial charge in [0.1, 0.15) is 0 Å². The molecule has 1 aromatic rings. The lowest BCUT2D eigenvalue weighted by molar-refractivity contribution is 0.590. The van der Waals surface area contributed by atoms with E-state index in [0.29, 0.717) is 0 Å². The predicted octanol–water partition coefficient (Wildman–Crippen LogP) is 4.93. The van der Waals surface area contributed by atoms with Crippen LogP contribution < -0.4 is 5.73 Å². The lowest BCUT2D eigenvalue weighted by atomic mass is 10.1. The Morgan fingerprint density at radius 3 is 2.25 bits per heavy atom. The van der Waals surface area contributed by atoms with E-state index in [4.69, 9.17) is 5.73 Å². The molecule has 0 fully saturated rings. The first kappa shape index (κ1) is 13.6. The maximum Gasteiger partial charge on any atom is 0.0888 e. The van der Waals surface area contributed by atoms with Crippen LogP contribution >= 0.6 is 11.3 Å². The Bertz CT molecular complexity index is 271. The van der Waals surface area contributed by atoms with Gasteiger partial charge in [-0.1, -0.05) is 45.4 Å². The van der Waals surface area contributed by atoms with Crippen molar-refractivity contribution in [1.29, 1.82) is 0 Å². The molecule has 16 heavy (non-hydrogen) atoms. The van der Waals surface area contributed by atoms with Crippen LogP contribution in [-0.2, 0) is 6.42 Å². The normalized spacial score (nSPS) is 10.9. The number of nitrogen functional groups attached to an aromatic ring is 1. The number of unbranched alkanes of at least 4 members (excludes halogenated alkanes) is 6. The Morgan fingerprint density at radius 2 is 1.69 bits per heavy atom. The van der Waals surface area contributed by atoms with Crippen molar-refractivity contribution < 1.29 is 0 Å². The monoisotopic (exact) mass is 239 g/mol.